The highest BCUT2D eigenvalue weighted by Gasteiger charge is 2.18. The molecule has 1 aromatic heterocycles. The second-order valence-electron chi connectivity index (χ2n) is 5.46. The second kappa shape index (κ2) is 6.54. The fraction of sp³-hybridized carbons (Fsp3) is 0.312. The van der Waals surface area contributed by atoms with E-state index < -0.39 is 0 Å². The summed E-state index contributed by atoms with van der Waals surface area (Å²) in [6.45, 7) is 5.10. The number of nitrogens with zero attached hydrogens (tertiary/aromatic N) is 5. The van der Waals surface area contributed by atoms with Crippen LogP contribution in [0.1, 0.15) is 16.8 Å². The van der Waals surface area contributed by atoms with E-state index in [4.69, 9.17) is 4.74 Å². The van der Waals surface area contributed by atoms with Gasteiger partial charge in [0.15, 0.2) is 0 Å². The molecule has 0 fully saturated rings. The van der Waals surface area contributed by atoms with E-state index in [1.165, 1.54) is 0 Å². The summed E-state index contributed by atoms with van der Waals surface area (Å²) < 4.78 is 6.79. The van der Waals surface area contributed by atoms with Crippen molar-refractivity contribution in [2.45, 2.75) is 20.5 Å². The zero-order chi connectivity index (χ0) is 16.4. The van der Waals surface area contributed by atoms with Crippen LogP contribution in [0.25, 0.3) is 0 Å². The predicted octanol–water partition coefficient (Wildman–Crippen LogP) is 4.03. The van der Waals surface area contributed by atoms with Gasteiger partial charge < -0.3 is 4.74 Å². The Labute approximate surface area is 143 Å². The summed E-state index contributed by atoms with van der Waals surface area (Å²) in [5.74, 6) is 0.780. The first-order chi connectivity index (χ1) is 11.0. The Balaban J connectivity index is 1.83. The molecule has 0 saturated carbocycles. The lowest BCUT2D eigenvalue weighted by Gasteiger charge is -2.19. The summed E-state index contributed by atoms with van der Waals surface area (Å²) in [6.07, 6.45) is 0. The van der Waals surface area contributed by atoms with Gasteiger partial charge in [-0.2, -0.15) is 0 Å². The molecule has 1 aliphatic rings. The molecule has 0 saturated heterocycles. The van der Waals surface area contributed by atoms with Gasteiger partial charge in [-0.25, -0.2) is 9.99 Å². The van der Waals surface area contributed by atoms with Crippen LogP contribution in [-0.4, -0.2) is 23.7 Å². The van der Waals surface area contributed by atoms with Gasteiger partial charge in [0.2, 0.25) is 0 Å². The number of halogens is 1. The molecule has 1 aromatic carbocycles. The number of hydrogen-bond donors (Lipinski definition) is 0. The minimum atomic E-state index is 0.460. The van der Waals surface area contributed by atoms with Crippen LogP contribution in [0.5, 0.6) is 5.75 Å². The number of pyridine rings is 1. The maximum Gasteiger partial charge on any atom is 0.141 e. The fourth-order valence-electron chi connectivity index (χ4n) is 2.43. The molecule has 2 heterocycles. The molecule has 0 N–H and O–H groups in total. The van der Waals surface area contributed by atoms with Gasteiger partial charge in [0.25, 0.3) is 0 Å². The quantitative estimate of drug-likeness (QED) is 0.756. The Hall–Kier alpha value is -2.15. The normalized spacial score (nSPS) is 13.7. The second-order valence-corrected chi connectivity index (χ2v) is 6.27. The first-order valence-electron chi connectivity index (χ1n) is 7.29. The Morgan fingerprint density at radius 3 is 2.70 bits per heavy atom. The lowest BCUT2D eigenvalue weighted by atomic mass is 10.1. The van der Waals surface area contributed by atoms with Crippen molar-refractivity contribution in [2.75, 3.05) is 18.7 Å². The molecule has 0 amide bonds. The lowest BCUT2D eigenvalue weighted by Crippen LogP contribution is -2.23. The first kappa shape index (κ1) is 15.7. The Morgan fingerprint density at radius 1 is 1.17 bits per heavy atom. The number of aryl methyl sites for hydroxylation is 2. The molecule has 0 aliphatic carbocycles. The van der Waals surface area contributed by atoms with E-state index in [0.29, 0.717) is 13.3 Å². The molecular weight excluding hydrogens is 358 g/mol. The van der Waals surface area contributed by atoms with E-state index in [0.717, 1.165) is 32.9 Å². The number of rotatable bonds is 4. The highest BCUT2D eigenvalue weighted by atomic mass is 79.9. The first-order valence-corrected chi connectivity index (χ1v) is 8.08. The van der Waals surface area contributed by atoms with Gasteiger partial charge in [0, 0.05) is 12.6 Å². The van der Waals surface area contributed by atoms with Crippen molar-refractivity contribution in [3.63, 3.8) is 0 Å². The minimum absolute atomic E-state index is 0.460. The average molecular weight is 376 g/mol. The Bertz CT molecular complexity index is 749. The van der Waals surface area contributed by atoms with E-state index in [1.807, 2.05) is 43.2 Å². The molecule has 0 atom stereocenters. The zero-order valence-electron chi connectivity index (χ0n) is 13.3. The molecule has 1 aliphatic heterocycles. The van der Waals surface area contributed by atoms with Gasteiger partial charge in [-0.15, -0.1) is 0 Å². The topological polar surface area (TPSA) is 53.3 Å². The largest absolute Gasteiger partial charge is 0.487 e. The summed E-state index contributed by atoms with van der Waals surface area (Å²) in [6, 6.07) is 9.94. The Morgan fingerprint density at radius 2 is 2.00 bits per heavy atom. The van der Waals surface area contributed by atoms with Crippen molar-refractivity contribution in [2.24, 2.45) is 10.4 Å². The zero-order valence-corrected chi connectivity index (χ0v) is 14.9. The monoisotopic (exact) mass is 375 g/mol. The summed E-state index contributed by atoms with van der Waals surface area (Å²) in [7, 11) is 1.90. The van der Waals surface area contributed by atoms with E-state index in [-0.39, 0.29) is 0 Å². The van der Waals surface area contributed by atoms with Gasteiger partial charge in [-0.05, 0) is 58.8 Å². The predicted molar refractivity (Wildman–Crippen MR) is 92.2 cm³/mol. The van der Waals surface area contributed by atoms with Crippen LogP contribution in [0.2, 0.25) is 0 Å². The highest BCUT2D eigenvalue weighted by Crippen LogP contribution is 2.28. The van der Waals surface area contributed by atoms with Crippen LogP contribution in [0, 0.1) is 13.8 Å². The standard InChI is InChI=1S/C16H18BrN5O/c1-11-5-4-6-14(22-10-21(3)19-20-22)13(11)9-23-15-7-8-16(17)18-12(15)2/h4-8H,9-10H2,1-3H3. The van der Waals surface area contributed by atoms with Crippen LogP contribution in [-0.2, 0) is 6.61 Å². The fourth-order valence-corrected chi connectivity index (χ4v) is 2.83. The minimum Gasteiger partial charge on any atom is -0.487 e. The van der Waals surface area contributed by atoms with Gasteiger partial charge >= 0.3 is 0 Å². The molecule has 23 heavy (non-hydrogen) atoms. The SMILES string of the molecule is Cc1cccc(N2CN(C)N=N2)c1COc1ccc(Br)nc1C. The van der Waals surface area contributed by atoms with Gasteiger partial charge in [0.1, 0.15) is 23.6 Å². The van der Waals surface area contributed by atoms with Crippen molar-refractivity contribution in [1.29, 1.82) is 0 Å². The van der Waals surface area contributed by atoms with E-state index in [1.54, 1.807) is 5.01 Å². The lowest BCUT2D eigenvalue weighted by molar-refractivity contribution is 0.301. The Kier molecular flexibility index (Phi) is 4.47. The molecule has 0 radical (unpaired) electrons. The van der Waals surface area contributed by atoms with Crippen molar-refractivity contribution < 1.29 is 4.74 Å². The average Bonchev–Trinajstić information content (AvgIpc) is 2.94. The van der Waals surface area contributed by atoms with Crippen molar-refractivity contribution in [3.05, 3.63) is 51.8 Å². The van der Waals surface area contributed by atoms with Gasteiger partial charge in [-0.1, -0.05) is 17.4 Å². The third kappa shape index (κ3) is 3.44. The molecule has 120 valence electrons. The summed E-state index contributed by atoms with van der Waals surface area (Å²) in [4.78, 5) is 4.36. The molecule has 6 nitrogen and oxygen atoms in total. The van der Waals surface area contributed by atoms with Crippen LogP contribution in [0.3, 0.4) is 0 Å². The third-order valence-electron chi connectivity index (χ3n) is 3.68. The maximum absolute atomic E-state index is 5.99. The van der Waals surface area contributed by atoms with Crippen molar-refractivity contribution in [3.8, 4) is 5.75 Å². The van der Waals surface area contributed by atoms with E-state index in [2.05, 4.69) is 44.4 Å². The van der Waals surface area contributed by atoms with Crippen LogP contribution in [0.4, 0.5) is 5.69 Å². The van der Waals surface area contributed by atoms with Gasteiger partial charge in [0.05, 0.1) is 11.4 Å². The van der Waals surface area contributed by atoms with Crippen LogP contribution >= 0.6 is 15.9 Å². The summed E-state index contributed by atoms with van der Waals surface area (Å²) >= 11 is 3.37. The maximum atomic E-state index is 5.99. The summed E-state index contributed by atoms with van der Waals surface area (Å²) in [5.41, 5.74) is 4.13. The summed E-state index contributed by atoms with van der Waals surface area (Å²) in [5, 5.41) is 11.9. The highest BCUT2D eigenvalue weighted by molar-refractivity contribution is 9.10. The van der Waals surface area contributed by atoms with Crippen molar-refractivity contribution >= 4 is 21.6 Å². The van der Waals surface area contributed by atoms with Gasteiger partial charge in [-0.3, -0.25) is 5.01 Å². The number of aromatic nitrogens is 1. The molecule has 7 heteroatoms. The molecular formula is C16H18BrN5O. The molecule has 0 spiro atoms. The number of anilines is 1. The molecule has 2 aromatic rings. The van der Waals surface area contributed by atoms with Crippen LogP contribution < -0.4 is 9.75 Å². The molecule has 0 unspecified atom stereocenters. The van der Waals surface area contributed by atoms with Crippen LogP contribution in [0.15, 0.2) is 45.4 Å². The molecule has 3 rings (SSSR count). The van der Waals surface area contributed by atoms with E-state index in [9.17, 15) is 0 Å². The smallest absolute Gasteiger partial charge is 0.141 e. The van der Waals surface area contributed by atoms with Crippen molar-refractivity contribution in [1.82, 2.24) is 9.99 Å². The third-order valence-corrected chi connectivity index (χ3v) is 4.12. The van der Waals surface area contributed by atoms with E-state index >= 15 is 0 Å². The molecule has 0 bridgehead atoms. The number of hydrogen-bond acceptors (Lipinski definition) is 6. The number of benzene rings is 1. The number of ether oxygens (including phenoxy) is 1.